The van der Waals surface area contributed by atoms with Gasteiger partial charge in [-0.15, -0.1) is 0 Å². The number of halogens is 5. The van der Waals surface area contributed by atoms with E-state index in [1.165, 1.54) is 29.2 Å². The van der Waals surface area contributed by atoms with Gasteiger partial charge in [0.1, 0.15) is 12.3 Å². The summed E-state index contributed by atoms with van der Waals surface area (Å²) in [5, 5.41) is 15.1. The molecule has 7 nitrogen and oxygen atoms in total. The lowest BCUT2D eigenvalue weighted by molar-refractivity contribution is -0.142. The summed E-state index contributed by atoms with van der Waals surface area (Å²) in [5.74, 6) is -0.312. The summed E-state index contributed by atoms with van der Waals surface area (Å²) in [6.45, 7) is -0.721. The van der Waals surface area contributed by atoms with Crippen LogP contribution in [-0.4, -0.2) is 42.2 Å². The van der Waals surface area contributed by atoms with Crippen LogP contribution in [0, 0.1) is 6.92 Å². The molecule has 0 bridgehead atoms. The van der Waals surface area contributed by atoms with Crippen molar-refractivity contribution < 1.29 is 31.8 Å². The van der Waals surface area contributed by atoms with E-state index >= 15 is 0 Å². The summed E-state index contributed by atoms with van der Waals surface area (Å²) < 4.78 is 69.8. The van der Waals surface area contributed by atoms with Crippen LogP contribution in [0.4, 0.5) is 22.0 Å². The van der Waals surface area contributed by atoms with Crippen molar-refractivity contribution in [1.29, 1.82) is 0 Å². The van der Waals surface area contributed by atoms with E-state index in [1.807, 2.05) is 6.92 Å². The summed E-state index contributed by atoms with van der Waals surface area (Å²) in [6, 6.07) is 3.03. The molecule has 12 heteroatoms. The highest BCUT2D eigenvalue weighted by Crippen LogP contribution is 2.38. The predicted molar refractivity (Wildman–Crippen MR) is 109 cm³/mol. The molecule has 0 aliphatic carbocycles. The summed E-state index contributed by atoms with van der Waals surface area (Å²) in [5.41, 5.74) is 2.68. The van der Waals surface area contributed by atoms with E-state index in [9.17, 15) is 27.1 Å². The van der Waals surface area contributed by atoms with Crippen molar-refractivity contribution in [2.75, 3.05) is 0 Å². The summed E-state index contributed by atoms with van der Waals surface area (Å²) in [7, 11) is 0. The Morgan fingerprint density at radius 1 is 1.15 bits per heavy atom. The molecule has 0 fully saturated rings. The maximum atomic E-state index is 12.7. The molecule has 174 valence electrons. The van der Waals surface area contributed by atoms with Crippen LogP contribution >= 0.6 is 0 Å². The number of fused-ring (bicyclic) bond motifs is 1. The Hall–Kier alpha value is -3.70. The standard InChI is InChI=1S/C21H18F5N5O2/c1-3-16-18-17(19(32)31(16)13-7-28-30(9-13)10-21(24,25)26)11(2)4-15(29-18)12-5-14(8-27-6-12)33-20(22)23/h4-9,20,32H,3,10H2,1-2H3. The SMILES string of the molecule is CCc1c2nc(-c3cncc(OC(F)F)c3)cc(C)c2c(O)n1-c1cnn(CC(F)(F)F)c1. The first kappa shape index (κ1) is 22.5. The van der Waals surface area contributed by atoms with Crippen molar-refractivity contribution in [1.82, 2.24) is 24.3 Å². The monoisotopic (exact) mass is 467 g/mol. The average Bonchev–Trinajstić information content (AvgIpc) is 3.27. The molecule has 0 aliphatic rings. The third-order valence-electron chi connectivity index (χ3n) is 4.98. The maximum Gasteiger partial charge on any atom is 0.408 e. The number of ether oxygens (including phenoxy) is 1. The second-order valence-electron chi connectivity index (χ2n) is 7.31. The molecule has 4 rings (SSSR count). The molecule has 4 heterocycles. The van der Waals surface area contributed by atoms with Gasteiger partial charge in [-0.05, 0) is 31.0 Å². The van der Waals surface area contributed by atoms with Crippen LogP contribution in [0.5, 0.6) is 11.6 Å². The topological polar surface area (TPSA) is 78.0 Å². The van der Waals surface area contributed by atoms with Crippen LogP contribution in [0.3, 0.4) is 0 Å². The van der Waals surface area contributed by atoms with Crippen LogP contribution in [0.2, 0.25) is 0 Å². The van der Waals surface area contributed by atoms with E-state index in [4.69, 9.17) is 0 Å². The molecule has 0 amide bonds. The average molecular weight is 467 g/mol. The van der Waals surface area contributed by atoms with Gasteiger partial charge in [0, 0.05) is 18.0 Å². The van der Waals surface area contributed by atoms with Gasteiger partial charge in [-0.25, -0.2) is 4.98 Å². The zero-order chi connectivity index (χ0) is 23.9. The minimum absolute atomic E-state index is 0.129. The number of alkyl halides is 5. The smallest absolute Gasteiger partial charge is 0.408 e. The Labute approximate surface area is 184 Å². The Balaban J connectivity index is 1.84. The number of hydrogen-bond donors (Lipinski definition) is 1. The molecule has 0 atom stereocenters. The number of aromatic nitrogens is 5. The fourth-order valence-corrected chi connectivity index (χ4v) is 3.73. The fraction of sp³-hybridized carbons (Fsp3) is 0.286. The highest BCUT2D eigenvalue weighted by atomic mass is 19.4. The minimum atomic E-state index is -4.44. The van der Waals surface area contributed by atoms with E-state index in [2.05, 4.69) is 19.8 Å². The van der Waals surface area contributed by atoms with E-state index in [0.717, 1.165) is 10.9 Å². The molecule has 1 N–H and O–H groups in total. The quantitative estimate of drug-likeness (QED) is 0.403. The molecule has 0 aliphatic heterocycles. The molecule has 33 heavy (non-hydrogen) atoms. The van der Waals surface area contributed by atoms with E-state index < -0.39 is 19.3 Å². The third-order valence-corrected chi connectivity index (χ3v) is 4.98. The number of rotatable bonds is 6. The highest BCUT2D eigenvalue weighted by Gasteiger charge is 2.29. The van der Waals surface area contributed by atoms with Crippen molar-refractivity contribution >= 4 is 10.9 Å². The number of aryl methyl sites for hydroxylation is 2. The van der Waals surface area contributed by atoms with E-state index in [-0.39, 0.29) is 17.3 Å². The zero-order valence-corrected chi connectivity index (χ0v) is 17.4. The Morgan fingerprint density at radius 3 is 2.58 bits per heavy atom. The van der Waals surface area contributed by atoms with Crippen LogP contribution in [0.1, 0.15) is 18.2 Å². The van der Waals surface area contributed by atoms with Gasteiger partial charge < -0.3 is 9.84 Å². The van der Waals surface area contributed by atoms with E-state index in [0.29, 0.717) is 39.8 Å². The van der Waals surface area contributed by atoms with E-state index in [1.54, 1.807) is 13.0 Å². The number of nitrogens with zero attached hydrogens (tertiary/aromatic N) is 5. The third kappa shape index (κ3) is 4.45. The van der Waals surface area contributed by atoms with Crippen molar-refractivity contribution in [3.63, 3.8) is 0 Å². The Bertz CT molecular complexity index is 1310. The van der Waals surface area contributed by atoms with Gasteiger partial charge in [0.25, 0.3) is 0 Å². The van der Waals surface area contributed by atoms with Crippen LogP contribution in [-0.2, 0) is 13.0 Å². The second-order valence-corrected chi connectivity index (χ2v) is 7.31. The summed E-state index contributed by atoms with van der Waals surface area (Å²) in [6.07, 6.45) is 0.967. The second kappa shape index (κ2) is 8.34. The molecule has 0 spiro atoms. The first-order valence-electron chi connectivity index (χ1n) is 9.81. The lowest BCUT2D eigenvalue weighted by Gasteiger charge is -2.08. The van der Waals surface area contributed by atoms with Crippen LogP contribution < -0.4 is 4.74 Å². The predicted octanol–water partition coefficient (Wildman–Crippen LogP) is 5.02. The molecular weight excluding hydrogens is 449 g/mol. The van der Waals surface area contributed by atoms with Gasteiger partial charge in [-0.3, -0.25) is 14.2 Å². The minimum Gasteiger partial charge on any atom is -0.494 e. The first-order chi connectivity index (χ1) is 15.6. The maximum absolute atomic E-state index is 12.7. The molecule has 0 aromatic carbocycles. The van der Waals surface area contributed by atoms with Gasteiger partial charge in [-0.2, -0.15) is 27.1 Å². The zero-order valence-electron chi connectivity index (χ0n) is 17.4. The molecule has 0 saturated carbocycles. The van der Waals surface area contributed by atoms with Crippen molar-refractivity contribution in [3.05, 3.63) is 48.2 Å². The van der Waals surface area contributed by atoms with Gasteiger partial charge in [0.05, 0.1) is 40.4 Å². The van der Waals surface area contributed by atoms with Gasteiger partial charge >= 0.3 is 12.8 Å². The molecule has 4 aromatic heterocycles. The van der Waals surface area contributed by atoms with Gasteiger partial charge in [0.15, 0.2) is 0 Å². The van der Waals surface area contributed by atoms with Crippen molar-refractivity contribution in [2.24, 2.45) is 0 Å². The summed E-state index contributed by atoms with van der Waals surface area (Å²) >= 11 is 0. The van der Waals surface area contributed by atoms with Crippen LogP contribution in [0.25, 0.3) is 27.8 Å². The first-order valence-corrected chi connectivity index (χ1v) is 9.81. The highest BCUT2D eigenvalue weighted by molar-refractivity contribution is 5.93. The fourth-order valence-electron chi connectivity index (χ4n) is 3.73. The number of hydrogen-bond acceptors (Lipinski definition) is 5. The largest absolute Gasteiger partial charge is 0.494 e. The molecule has 0 radical (unpaired) electrons. The molecule has 0 unspecified atom stereocenters. The molecule has 0 saturated heterocycles. The van der Waals surface area contributed by atoms with Gasteiger partial charge in [-0.1, -0.05) is 6.92 Å². The number of aromatic hydroxyl groups is 1. The number of pyridine rings is 2. The molecule has 4 aromatic rings. The van der Waals surface area contributed by atoms with Gasteiger partial charge in [0.2, 0.25) is 5.88 Å². The van der Waals surface area contributed by atoms with Crippen LogP contribution in [0.15, 0.2) is 36.9 Å². The lowest BCUT2D eigenvalue weighted by Crippen LogP contribution is -2.17. The lowest BCUT2D eigenvalue weighted by atomic mass is 10.1. The normalized spacial score (nSPS) is 12.1. The van der Waals surface area contributed by atoms with Crippen molar-refractivity contribution in [2.45, 2.75) is 39.6 Å². The Morgan fingerprint density at radius 2 is 1.91 bits per heavy atom. The summed E-state index contributed by atoms with van der Waals surface area (Å²) in [4.78, 5) is 8.51. The molecular formula is C21H18F5N5O2. The Kier molecular flexibility index (Phi) is 5.68. The van der Waals surface area contributed by atoms with Crippen molar-refractivity contribution in [3.8, 4) is 28.6 Å².